The van der Waals surface area contributed by atoms with Crippen LogP contribution in [0, 0.1) is 12.7 Å². The van der Waals surface area contributed by atoms with Gasteiger partial charge >= 0.3 is 0 Å². The number of aryl methyl sites for hydroxylation is 2. The van der Waals surface area contributed by atoms with E-state index in [0.29, 0.717) is 11.4 Å². The highest BCUT2D eigenvalue weighted by Gasteiger charge is 2.22. The lowest BCUT2D eigenvalue weighted by Gasteiger charge is -2.13. The third-order valence-electron chi connectivity index (χ3n) is 5.15. The highest BCUT2D eigenvalue weighted by Crippen LogP contribution is 2.31. The molecule has 0 bridgehead atoms. The van der Waals surface area contributed by atoms with Crippen molar-refractivity contribution >= 4 is 12.0 Å². The Hall–Kier alpha value is -3.41. The number of hydrogen-bond donors (Lipinski definition) is 1. The Labute approximate surface area is 168 Å². The van der Waals surface area contributed by atoms with Crippen LogP contribution in [0.15, 0.2) is 55.0 Å². The lowest BCUT2D eigenvalue weighted by Crippen LogP contribution is -2.25. The Bertz CT molecular complexity index is 1090. The van der Waals surface area contributed by atoms with Crippen LogP contribution >= 0.6 is 0 Å². The number of halogens is 1. The van der Waals surface area contributed by atoms with Gasteiger partial charge in [0, 0.05) is 23.9 Å². The van der Waals surface area contributed by atoms with Gasteiger partial charge in [-0.25, -0.2) is 9.37 Å². The van der Waals surface area contributed by atoms with Crippen molar-refractivity contribution in [2.24, 2.45) is 0 Å². The molecule has 1 amide bonds. The molecular weight excluding hydrogens is 369 g/mol. The Morgan fingerprint density at radius 1 is 1.34 bits per heavy atom. The highest BCUT2D eigenvalue weighted by atomic mass is 19.1. The third kappa shape index (κ3) is 3.92. The van der Waals surface area contributed by atoms with Gasteiger partial charge in [-0.05, 0) is 43.0 Å². The number of amides is 1. The van der Waals surface area contributed by atoms with Gasteiger partial charge in [-0.1, -0.05) is 24.3 Å². The van der Waals surface area contributed by atoms with E-state index in [4.69, 9.17) is 4.74 Å². The van der Waals surface area contributed by atoms with Crippen LogP contribution in [0.25, 0.3) is 11.8 Å². The van der Waals surface area contributed by atoms with E-state index < -0.39 is 5.82 Å². The molecule has 1 heterocycles. The quantitative estimate of drug-likeness (QED) is 0.665. The van der Waals surface area contributed by atoms with Crippen LogP contribution < -0.4 is 10.1 Å². The maximum absolute atomic E-state index is 14.6. The number of methoxy groups -OCH3 is 1. The Balaban J connectivity index is 1.51. The number of aromatic nitrogens is 2. The number of carbonyl (C=O) groups is 1. The summed E-state index contributed by atoms with van der Waals surface area (Å²) in [4.78, 5) is 16.5. The Morgan fingerprint density at radius 3 is 2.93 bits per heavy atom. The van der Waals surface area contributed by atoms with Gasteiger partial charge in [0.15, 0.2) is 0 Å². The van der Waals surface area contributed by atoms with E-state index in [9.17, 15) is 9.18 Å². The molecule has 1 aliphatic rings. The number of fused-ring (bicyclic) bond motifs is 1. The van der Waals surface area contributed by atoms with Gasteiger partial charge < -0.3 is 14.6 Å². The molecule has 1 aromatic heterocycles. The van der Waals surface area contributed by atoms with Crippen molar-refractivity contribution in [3.05, 3.63) is 83.2 Å². The molecular formula is C23H22FN3O2. The molecule has 4 rings (SSSR count). The first kappa shape index (κ1) is 18.9. The average Bonchev–Trinajstić information content (AvgIpc) is 3.33. The van der Waals surface area contributed by atoms with E-state index >= 15 is 0 Å². The molecule has 3 aromatic rings. The molecule has 0 spiro atoms. The zero-order valence-corrected chi connectivity index (χ0v) is 16.4. The maximum Gasteiger partial charge on any atom is 0.244 e. The third-order valence-corrected chi connectivity index (χ3v) is 5.15. The minimum Gasteiger partial charge on any atom is -0.495 e. The molecule has 1 N–H and O–H groups in total. The maximum atomic E-state index is 14.6. The van der Waals surface area contributed by atoms with Crippen LogP contribution in [-0.4, -0.2) is 22.6 Å². The van der Waals surface area contributed by atoms with E-state index in [0.717, 1.165) is 24.1 Å². The van der Waals surface area contributed by atoms with Crippen molar-refractivity contribution in [1.82, 2.24) is 14.9 Å². The van der Waals surface area contributed by atoms with Crippen molar-refractivity contribution in [3.63, 3.8) is 0 Å². The standard InChI is InChI=1S/C23H22FN3O2/c1-15-13-27(14-25-15)21-12-19(24)17(11-22(21)29-2)8-10-23(28)26-20-9-7-16-5-3-4-6-18(16)20/h3-6,8,10-14,20H,7,9H2,1-2H3,(H,26,28)/b10-8+. The molecule has 0 radical (unpaired) electrons. The Kier molecular flexibility index (Phi) is 5.16. The second kappa shape index (κ2) is 7.91. The number of hydrogen-bond acceptors (Lipinski definition) is 3. The molecule has 1 unspecified atom stereocenters. The topological polar surface area (TPSA) is 56.1 Å². The first-order valence-corrected chi connectivity index (χ1v) is 9.50. The van der Waals surface area contributed by atoms with Gasteiger partial charge in [-0.3, -0.25) is 4.79 Å². The number of ether oxygens (including phenoxy) is 1. The van der Waals surface area contributed by atoms with Gasteiger partial charge in [-0.2, -0.15) is 0 Å². The molecule has 1 aliphatic carbocycles. The first-order chi connectivity index (χ1) is 14.0. The second-order valence-electron chi connectivity index (χ2n) is 7.10. The lowest BCUT2D eigenvalue weighted by atomic mass is 10.1. The number of imidazole rings is 1. The Morgan fingerprint density at radius 2 is 2.17 bits per heavy atom. The average molecular weight is 391 g/mol. The lowest BCUT2D eigenvalue weighted by molar-refractivity contribution is -0.117. The summed E-state index contributed by atoms with van der Waals surface area (Å²) in [5.74, 6) is -0.199. The van der Waals surface area contributed by atoms with Crippen LogP contribution in [0.5, 0.6) is 5.75 Å². The van der Waals surface area contributed by atoms with Gasteiger partial charge in [0.1, 0.15) is 11.6 Å². The molecule has 148 valence electrons. The number of nitrogens with one attached hydrogen (secondary N) is 1. The van der Waals surface area contributed by atoms with Crippen molar-refractivity contribution in [2.45, 2.75) is 25.8 Å². The molecule has 5 nitrogen and oxygen atoms in total. The van der Waals surface area contributed by atoms with Crippen molar-refractivity contribution in [1.29, 1.82) is 0 Å². The minimum atomic E-state index is -0.442. The van der Waals surface area contributed by atoms with Gasteiger partial charge in [0.2, 0.25) is 5.91 Å². The molecule has 2 aromatic carbocycles. The minimum absolute atomic E-state index is 0.00501. The van der Waals surface area contributed by atoms with E-state index in [-0.39, 0.29) is 17.5 Å². The number of carbonyl (C=O) groups excluding carboxylic acids is 1. The largest absolute Gasteiger partial charge is 0.495 e. The molecule has 1 atom stereocenters. The molecule has 0 aliphatic heterocycles. The van der Waals surface area contributed by atoms with Crippen LogP contribution in [0.3, 0.4) is 0 Å². The first-order valence-electron chi connectivity index (χ1n) is 9.50. The normalized spacial score (nSPS) is 15.5. The smallest absolute Gasteiger partial charge is 0.244 e. The summed E-state index contributed by atoms with van der Waals surface area (Å²) in [6, 6.07) is 11.1. The highest BCUT2D eigenvalue weighted by molar-refractivity contribution is 5.92. The van der Waals surface area contributed by atoms with E-state index in [2.05, 4.69) is 16.4 Å². The molecule has 0 saturated heterocycles. The van der Waals surface area contributed by atoms with Crippen LogP contribution in [0.4, 0.5) is 4.39 Å². The predicted molar refractivity (Wildman–Crippen MR) is 109 cm³/mol. The predicted octanol–water partition coefficient (Wildman–Crippen LogP) is 4.15. The summed E-state index contributed by atoms with van der Waals surface area (Å²) in [5, 5.41) is 3.00. The van der Waals surface area contributed by atoms with Crippen molar-refractivity contribution in [3.8, 4) is 11.4 Å². The fraction of sp³-hybridized carbons (Fsp3) is 0.217. The van der Waals surface area contributed by atoms with Crippen LogP contribution in [-0.2, 0) is 11.2 Å². The van der Waals surface area contributed by atoms with Gasteiger partial charge in [0.25, 0.3) is 0 Å². The fourth-order valence-electron chi connectivity index (χ4n) is 3.70. The van der Waals surface area contributed by atoms with Gasteiger partial charge in [-0.15, -0.1) is 0 Å². The van der Waals surface area contributed by atoms with E-state index in [1.54, 1.807) is 23.2 Å². The van der Waals surface area contributed by atoms with Crippen molar-refractivity contribution in [2.75, 3.05) is 7.11 Å². The van der Waals surface area contributed by atoms with Gasteiger partial charge in [0.05, 0.1) is 30.9 Å². The summed E-state index contributed by atoms with van der Waals surface area (Å²) < 4.78 is 21.8. The molecule has 0 saturated carbocycles. The zero-order valence-electron chi connectivity index (χ0n) is 16.4. The second-order valence-corrected chi connectivity index (χ2v) is 7.10. The molecule has 6 heteroatoms. The monoisotopic (exact) mass is 391 g/mol. The zero-order chi connectivity index (χ0) is 20.4. The summed E-state index contributed by atoms with van der Waals surface area (Å²) in [5.41, 5.74) is 4.07. The fourth-order valence-corrected chi connectivity index (χ4v) is 3.70. The number of benzene rings is 2. The number of rotatable bonds is 5. The van der Waals surface area contributed by atoms with E-state index in [1.807, 2.05) is 25.1 Å². The molecule has 29 heavy (non-hydrogen) atoms. The summed E-state index contributed by atoms with van der Waals surface area (Å²) in [6.45, 7) is 1.86. The summed E-state index contributed by atoms with van der Waals surface area (Å²) >= 11 is 0. The summed E-state index contributed by atoms with van der Waals surface area (Å²) in [7, 11) is 1.53. The SMILES string of the molecule is COc1cc(/C=C/C(=O)NC2CCc3ccccc32)c(F)cc1-n1cnc(C)c1. The summed E-state index contributed by atoms with van der Waals surface area (Å²) in [6.07, 6.45) is 8.05. The number of nitrogens with zero attached hydrogens (tertiary/aromatic N) is 2. The van der Waals surface area contributed by atoms with Crippen molar-refractivity contribution < 1.29 is 13.9 Å². The molecule has 0 fully saturated rings. The van der Waals surface area contributed by atoms with Crippen LogP contribution in [0.2, 0.25) is 0 Å². The van der Waals surface area contributed by atoms with Crippen LogP contribution in [0.1, 0.15) is 34.8 Å². The van der Waals surface area contributed by atoms with E-state index in [1.165, 1.54) is 30.9 Å².